The van der Waals surface area contributed by atoms with Gasteiger partial charge in [-0.25, -0.2) is 5.01 Å². The Balaban J connectivity index is 1.57. The van der Waals surface area contributed by atoms with Crippen molar-refractivity contribution >= 4 is 22.4 Å². The van der Waals surface area contributed by atoms with Crippen LogP contribution in [0.1, 0.15) is 49.8 Å². The van der Waals surface area contributed by atoms with Gasteiger partial charge in [-0.2, -0.15) is 5.10 Å². The van der Waals surface area contributed by atoms with E-state index in [1.54, 1.807) is 23.4 Å². The van der Waals surface area contributed by atoms with E-state index in [9.17, 15) is 9.00 Å². The van der Waals surface area contributed by atoms with Crippen molar-refractivity contribution in [3.8, 4) is 5.75 Å². The van der Waals surface area contributed by atoms with Crippen LogP contribution in [-0.2, 0) is 15.6 Å². The molecule has 1 atom stereocenters. The van der Waals surface area contributed by atoms with E-state index in [2.05, 4.69) is 51.0 Å². The van der Waals surface area contributed by atoms with Crippen LogP contribution >= 0.6 is 0 Å². The van der Waals surface area contributed by atoms with Crippen molar-refractivity contribution < 1.29 is 13.7 Å². The maximum absolute atomic E-state index is 12.8. The third-order valence-electron chi connectivity index (χ3n) is 5.14. The highest BCUT2D eigenvalue weighted by Gasteiger charge is 2.38. The standard InChI is InChI=1S/C24H30N2O3S/c1-17-13-18(2)15-19(14-17)22-16-24(3,4)26(25-22)23(27)7-6-12-29-20-8-10-21(11-9-20)30(5)28/h8-11,13-15H,6-7,12,16H2,1-5H3. The Morgan fingerprint density at radius 1 is 1.13 bits per heavy atom. The molecule has 1 aliphatic rings. The molecule has 1 amide bonds. The van der Waals surface area contributed by atoms with Gasteiger partial charge in [0.2, 0.25) is 5.91 Å². The molecule has 1 heterocycles. The molecule has 0 N–H and O–H groups in total. The Hall–Kier alpha value is -2.47. The van der Waals surface area contributed by atoms with E-state index >= 15 is 0 Å². The van der Waals surface area contributed by atoms with Crippen LogP contribution in [0.2, 0.25) is 0 Å². The fourth-order valence-corrected chi connectivity index (χ4v) is 4.24. The first-order valence-corrected chi connectivity index (χ1v) is 11.8. The van der Waals surface area contributed by atoms with E-state index in [1.165, 1.54) is 11.1 Å². The van der Waals surface area contributed by atoms with E-state index in [0.717, 1.165) is 22.6 Å². The molecule has 0 saturated heterocycles. The molecule has 0 fully saturated rings. The molecule has 0 aromatic heterocycles. The second kappa shape index (κ2) is 9.13. The number of hydrogen-bond acceptors (Lipinski definition) is 4. The van der Waals surface area contributed by atoms with Gasteiger partial charge < -0.3 is 4.74 Å². The zero-order valence-corrected chi connectivity index (χ0v) is 19.2. The van der Waals surface area contributed by atoms with Crippen molar-refractivity contribution in [1.82, 2.24) is 5.01 Å². The minimum Gasteiger partial charge on any atom is -0.494 e. The molecule has 3 rings (SSSR count). The quantitative estimate of drug-likeness (QED) is 0.607. The van der Waals surface area contributed by atoms with Crippen LogP contribution in [0.4, 0.5) is 0 Å². The van der Waals surface area contributed by atoms with Crippen LogP contribution < -0.4 is 4.74 Å². The normalized spacial score (nSPS) is 16.3. The molecular weight excluding hydrogens is 396 g/mol. The Morgan fingerprint density at radius 2 is 1.77 bits per heavy atom. The Labute approximate surface area is 181 Å². The van der Waals surface area contributed by atoms with Crippen LogP contribution in [0.3, 0.4) is 0 Å². The van der Waals surface area contributed by atoms with Gasteiger partial charge in [-0.3, -0.25) is 9.00 Å². The van der Waals surface area contributed by atoms with Crippen molar-refractivity contribution in [2.45, 2.75) is 57.4 Å². The van der Waals surface area contributed by atoms with Gasteiger partial charge in [0.05, 0.1) is 17.9 Å². The second-order valence-electron chi connectivity index (χ2n) is 8.50. The number of benzene rings is 2. The molecule has 1 aliphatic heterocycles. The number of hydrazone groups is 1. The molecule has 2 aromatic carbocycles. The van der Waals surface area contributed by atoms with Crippen LogP contribution in [0.25, 0.3) is 0 Å². The third kappa shape index (κ3) is 5.36. The predicted molar refractivity (Wildman–Crippen MR) is 121 cm³/mol. The number of carbonyl (C=O) groups is 1. The van der Waals surface area contributed by atoms with Gasteiger partial charge in [0.1, 0.15) is 5.75 Å². The smallest absolute Gasteiger partial charge is 0.243 e. The molecule has 0 radical (unpaired) electrons. The Morgan fingerprint density at radius 3 is 2.37 bits per heavy atom. The van der Waals surface area contributed by atoms with E-state index in [-0.39, 0.29) is 11.4 Å². The highest BCUT2D eigenvalue weighted by atomic mass is 32.2. The van der Waals surface area contributed by atoms with Crippen LogP contribution in [-0.4, -0.2) is 39.2 Å². The maximum atomic E-state index is 12.8. The summed E-state index contributed by atoms with van der Waals surface area (Å²) < 4.78 is 17.2. The highest BCUT2D eigenvalue weighted by molar-refractivity contribution is 7.84. The lowest BCUT2D eigenvalue weighted by Crippen LogP contribution is -2.40. The van der Waals surface area contributed by atoms with Gasteiger partial charge in [0.25, 0.3) is 0 Å². The summed E-state index contributed by atoms with van der Waals surface area (Å²) >= 11 is 0. The minimum absolute atomic E-state index is 0.0136. The molecule has 1 unspecified atom stereocenters. The molecule has 2 aromatic rings. The predicted octanol–water partition coefficient (Wildman–Crippen LogP) is 4.62. The zero-order chi connectivity index (χ0) is 21.9. The van der Waals surface area contributed by atoms with Crippen LogP contribution in [0, 0.1) is 13.8 Å². The molecule has 160 valence electrons. The van der Waals surface area contributed by atoms with Gasteiger partial charge in [-0.05, 0) is 63.9 Å². The Kier molecular flexibility index (Phi) is 6.76. The summed E-state index contributed by atoms with van der Waals surface area (Å²) in [5.74, 6) is 0.730. The summed E-state index contributed by atoms with van der Waals surface area (Å²) in [6.45, 7) is 8.71. The molecule has 0 saturated carbocycles. The number of nitrogens with zero attached hydrogens (tertiary/aromatic N) is 2. The van der Waals surface area contributed by atoms with E-state index in [0.29, 0.717) is 25.2 Å². The van der Waals surface area contributed by atoms with Crippen molar-refractivity contribution in [2.24, 2.45) is 5.10 Å². The SMILES string of the molecule is Cc1cc(C)cc(C2=NN(C(=O)CCCOc3ccc(S(C)=O)cc3)C(C)(C)C2)c1. The minimum atomic E-state index is -0.998. The Bertz CT molecular complexity index is 960. The number of amides is 1. The van der Waals surface area contributed by atoms with Crippen LogP contribution in [0.5, 0.6) is 5.75 Å². The van der Waals surface area contributed by atoms with Gasteiger partial charge in [-0.1, -0.05) is 29.3 Å². The summed E-state index contributed by atoms with van der Waals surface area (Å²) in [6, 6.07) is 13.6. The van der Waals surface area contributed by atoms with Gasteiger partial charge in [-0.15, -0.1) is 0 Å². The summed E-state index contributed by atoms with van der Waals surface area (Å²) in [5, 5.41) is 6.33. The fourth-order valence-electron chi connectivity index (χ4n) is 3.72. The zero-order valence-electron chi connectivity index (χ0n) is 18.4. The van der Waals surface area contributed by atoms with Gasteiger partial charge in [0, 0.05) is 34.8 Å². The second-order valence-corrected chi connectivity index (χ2v) is 9.88. The van der Waals surface area contributed by atoms with Gasteiger partial charge >= 0.3 is 0 Å². The first-order valence-electron chi connectivity index (χ1n) is 10.2. The summed E-state index contributed by atoms with van der Waals surface area (Å²) in [5.41, 5.74) is 4.12. The lowest BCUT2D eigenvalue weighted by Gasteiger charge is -2.28. The topological polar surface area (TPSA) is 59.0 Å². The molecule has 0 spiro atoms. The van der Waals surface area contributed by atoms with Crippen molar-refractivity contribution in [3.05, 3.63) is 59.2 Å². The number of carbonyl (C=O) groups excluding carboxylic acids is 1. The number of rotatable bonds is 7. The number of aryl methyl sites for hydroxylation is 2. The lowest BCUT2D eigenvalue weighted by atomic mass is 9.93. The lowest BCUT2D eigenvalue weighted by molar-refractivity contribution is -0.135. The molecule has 0 bridgehead atoms. The first-order chi connectivity index (χ1) is 14.2. The average Bonchev–Trinajstić information content (AvgIpc) is 3.00. The van der Waals surface area contributed by atoms with E-state index < -0.39 is 10.8 Å². The maximum Gasteiger partial charge on any atom is 0.243 e. The van der Waals surface area contributed by atoms with Crippen molar-refractivity contribution in [2.75, 3.05) is 12.9 Å². The van der Waals surface area contributed by atoms with E-state index in [1.807, 2.05) is 12.1 Å². The molecular formula is C24H30N2O3S. The molecule has 0 aliphatic carbocycles. The van der Waals surface area contributed by atoms with E-state index in [4.69, 9.17) is 4.74 Å². The molecule has 6 heteroatoms. The fraction of sp³-hybridized carbons (Fsp3) is 0.417. The van der Waals surface area contributed by atoms with Crippen molar-refractivity contribution in [1.29, 1.82) is 0 Å². The average molecular weight is 427 g/mol. The third-order valence-corrected chi connectivity index (χ3v) is 6.08. The highest BCUT2D eigenvalue weighted by Crippen LogP contribution is 2.31. The number of ether oxygens (including phenoxy) is 1. The monoisotopic (exact) mass is 426 g/mol. The largest absolute Gasteiger partial charge is 0.494 e. The first kappa shape index (κ1) is 22.2. The van der Waals surface area contributed by atoms with Gasteiger partial charge in [0.15, 0.2) is 0 Å². The molecule has 5 nitrogen and oxygen atoms in total. The summed E-state index contributed by atoms with van der Waals surface area (Å²) in [7, 11) is -0.998. The van der Waals surface area contributed by atoms with Crippen LogP contribution in [0.15, 0.2) is 52.5 Å². The van der Waals surface area contributed by atoms with Crippen molar-refractivity contribution in [3.63, 3.8) is 0 Å². The molecule has 30 heavy (non-hydrogen) atoms. The summed E-state index contributed by atoms with van der Waals surface area (Å²) in [4.78, 5) is 13.6. The number of hydrogen-bond donors (Lipinski definition) is 0. The summed E-state index contributed by atoms with van der Waals surface area (Å²) in [6.07, 6.45) is 3.38.